The molecular formula is C23H23N3O3. The fourth-order valence-corrected chi connectivity index (χ4v) is 3.74. The van der Waals surface area contributed by atoms with Crippen molar-refractivity contribution in [3.63, 3.8) is 0 Å². The van der Waals surface area contributed by atoms with E-state index in [2.05, 4.69) is 18.2 Å². The Morgan fingerprint density at radius 2 is 1.59 bits per heavy atom. The van der Waals surface area contributed by atoms with Crippen molar-refractivity contribution in [1.82, 2.24) is 13.7 Å². The standard InChI is InChI=1S/C23H23N3O3/c1-14-6-7-15(2)18(12-14)26-13-19-20(22(27)25(4)23(28)24(19)3)21(26)16-8-10-17(29-5)11-9-16/h6-13H,1-5H3. The van der Waals surface area contributed by atoms with E-state index in [-0.39, 0.29) is 11.2 Å². The van der Waals surface area contributed by atoms with Crippen molar-refractivity contribution in [3.8, 4) is 22.7 Å². The van der Waals surface area contributed by atoms with Crippen LogP contribution in [0.1, 0.15) is 11.1 Å². The Bertz CT molecular complexity index is 1360. The van der Waals surface area contributed by atoms with Crippen molar-refractivity contribution in [2.45, 2.75) is 13.8 Å². The first-order valence-electron chi connectivity index (χ1n) is 9.36. The lowest BCUT2D eigenvalue weighted by molar-refractivity contribution is 0.415. The maximum absolute atomic E-state index is 13.1. The van der Waals surface area contributed by atoms with Crippen LogP contribution >= 0.6 is 0 Å². The molecule has 0 bridgehead atoms. The number of aryl methyl sites for hydroxylation is 3. The molecule has 0 aliphatic heterocycles. The Balaban J connectivity index is 2.19. The van der Waals surface area contributed by atoms with E-state index >= 15 is 0 Å². The van der Waals surface area contributed by atoms with Gasteiger partial charge in [0.05, 0.1) is 23.7 Å². The van der Waals surface area contributed by atoms with E-state index in [1.54, 1.807) is 14.2 Å². The molecule has 0 unspecified atom stereocenters. The van der Waals surface area contributed by atoms with Crippen molar-refractivity contribution in [1.29, 1.82) is 0 Å². The average Bonchev–Trinajstić information content (AvgIpc) is 3.13. The van der Waals surface area contributed by atoms with Gasteiger partial charge in [0.2, 0.25) is 0 Å². The second kappa shape index (κ2) is 6.81. The third-order valence-corrected chi connectivity index (χ3v) is 5.43. The zero-order valence-corrected chi connectivity index (χ0v) is 17.2. The lowest BCUT2D eigenvalue weighted by Gasteiger charge is -2.14. The lowest BCUT2D eigenvalue weighted by Crippen LogP contribution is -2.36. The largest absolute Gasteiger partial charge is 0.497 e. The highest BCUT2D eigenvalue weighted by Crippen LogP contribution is 2.33. The van der Waals surface area contributed by atoms with E-state index in [1.807, 2.05) is 48.9 Å². The number of ether oxygens (including phenoxy) is 1. The molecule has 0 spiro atoms. The molecule has 0 fully saturated rings. The van der Waals surface area contributed by atoms with Gasteiger partial charge in [0.15, 0.2) is 0 Å². The first-order chi connectivity index (χ1) is 13.8. The summed E-state index contributed by atoms with van der Waals surface area (Å²) in [7, 11) is 4.82. The summed E-state index contributed by atoms with van der Waals surface area (Å²) in [6, 6.07) is 13.8. The van der Waals surface area contributed by atoms with E-state index in [4.69, 9.17) is 4.74 Å². The van der Waals surface area contributed by atoms with Crippen molar-refractivity contribution >= 4 is 10.9 Å². The van der Waals surface area contributed by atoms with Gasteiger partial charge in [-0.1, -0.05) is 12.1 Å². The summed E-state index contributed by atoms with van der Waals surface area (Å²) in [5.74, 6) is 0.739. The quantitative estimate of drug-likeness (QED) is 0.540. The highest BCUT2D eigenvalue weighted by Gasteiger charge is 2.21. The molecule has 148 valence electrons. The number of rotatable bonds is 3. The van der Waals surface area contributed by atoms with Gasteiger partial charge in [0.1, 0.15) is 5.75 Å². The van der Waals surface area contributed by atoms with Crippen LogP contribution in [0.2, 0.25) is 0 Å². The number of fused-ring (bicyclic) bond motifs is 1. The summed E-state index contributed by atoms with van der Waals surface area (Å²) in [5.41, 5.74) is 4.74. The van der Waals surface area contributed by atoms with Crippen LogP contribution in [0.3, 0.4) is 0 Å². The van der Waals surface area contributed by atoms with Crippen molar-refractivity contribution in [2.24, 2.45) is 14.1 Å². The molecule has 0 saturated carbocycles. The van der Waals surface area contributed by atoms with Crippen LogP contribution in [-0.4, -0.2) is 20.8 Å². The summed E-state index contributed by atoms with van der Waals surface area (Å²) < 4.78 is 9.97. The lowest BCUT2D eigenvalue weighted by atomic mass is 10.1. The van der Waals surface area contributed by atoms with Gasteiger partial charge >= 0.3 is 5.69 Å². The molecule has 0 saturated heterocycles. The molecule has 0 atom stereocenters. The Labute approximate surface area is 168 Å². The molecule has 2 aromatic carbocycles. The molecule has 29 heavy (non-hydrogen) atoms. The third kappa shape index (κ3) is 2.88. The molecular weight excluding hydrogens is 366 g/mol. The maximum Gasteiger partial charge on any atom is 0.330 e. The highest BCUT2D eigenvalue weighted by atomic mass is 16.5. The number of methoxy groups -OCH3 is 1. The van der Waals surface area contributed by atoms with Gasteiger partial charge in [-0.3, -0.25) is 13.9 Å². The van der Waals surface area contributed by atoms with Crippen LogP contribution in [0.4, 0.5) is 0 Å². The molecule has 4 rings (SSSR count). The van der Waals surface area contributed by atoms with Gasteiger partial charge in [-0.2, -0.15) is 0 Å². The minimum absolute atomic E-state index is 0.307. The smallest absolute Gasteiger partial charge is 0.330 e. The topological polar surface area (TPSA) is 58.2 Å². The Morgan fingerprint density at radius 3 is 2.24 bits per heavy atom. The number of hydrogen-bond acceptors (Lipinski definition) is 3. The zero-order chi connectivity index (χ0) is 20.9. The van der Waals surface area contributed by atoms with E-state index in [0.29, 0.717) is 10.9 Å². The summed E-state index contributed by atoms with van der Waals surface area (Å²) in [4.78, 5) is 25.6. The van der Waals surface area contributed by atoms with Crippen molar-refractivity contribution < 1.29 is 4.74 Å². The fraction of sp³-hybridized carbons (Fsp3) is 0.217. The normalized spacial score (nSPS) is 11.2. The van der Waals surface area contributed by atoms with Crippen LogP contribution < -0.4 is 16.0 Å². The van der Waals surface area contributed by atoms with Crippen LogP contribution in [0.25, 0.3) is 27.8 Å². The maximum atomic E-state index is 13.1. The molecule has 0 amide bonds. The molecule has 0 aliphatic carbocycles. The molecule has 6 nitrogen and oxygen atoms in total. The first-order valence-corrected chi connectivity index (χ1v) is 9.36. The van der Waals surface area contributed by atoms with E-state index in [9.17, 15) is 9.59 Å². The SMILES string of the molecule is COc1ccc(-c2c3c(=O)n(C)c(=O)n(C)c3cn2-c2cc(C)ccc2C)cc1. The van der Waals surface area contributed by atoms with Crippen LogP contribution in [0, 0.1) is 13.8 Å². The summed E-state index contributed by atoms with van der Waals surface area (Å²) >= 11 is 0. The predicted octanol–water partition coefficient (Wildman–Crippen LogP) is 3.32. The molecule has 6 heteroatoms. The number of aromatic nitrogens is 3. The van der Waals surface area contributed by atoms with Gasteiger partial charge in [-0.15, -0.1) is 0 Å². The first kappa shape index (κ1) is 18.8. The Kier molecular flexibility index (Phi) is 4.42. The average molecular weight is 389 g/mol. The molecule has 2 heterocycles. The third-order valence-electron chi connectivity index (χ3n) is 5.43. The van der Waals surface area contributed by atoms with Gasteiger partial charge in [0, 0.05) is 26.0 Å². The van der Waals surface area contributed by atoms with E-state index in [0.717, 1.165) is 38.4 Å². The monoisotopic (exact) mass is 389 g/mol. The van der Waals surface area contributed by atoms with Crippen molar-refractivity contribution in [3.05, 3.63) is 80.6 Å². The van der Waals surface area contributed by atoms with Gasteiger partial charge < -0.3 is 9.30 Å². The van der Waals surface area contributed by atoms with Crippen LogP contribution in [-0.2, 0) is 14.1 Å². The Hall–Kier alpha value is -3.54. The minimum Gasteiger partial charge on any atom is -0.497 e. The molecule has 2 aromatic heterocycles. The predicted molar refractivity (Wildman–Crippen MR) is 115 cm³/mol. The molecule has 0 radical (unpaired) electrons. The Morgan fingerprint density at radius 1 is 0.897 bits per heavy atom. The zero-order valence-electron chi connectivity index (χ0n) is 17.2. The number of nitrogens with zero attached hydrogens (tertiary/aromatic N) is 3. The number of hydrogen-bond donors (Lipinski definition) is 0. The van der Waals surface area contributed by atoms with Gasteiger partial charge in [-0.05, 0) is 60.9 Å². The van der Waals surface area contributed by atoms with E-state index < -0.39 is 0 Å². The summed E-state index contributed by atoms with van der Waals surface area (Å²) in [6.45, 7) is 4.07. The molecule has 0 aliphatic rings. The highest BCUT2D eigenvalue weighted by molar-refractivity contribution is 5.95. The van der Waals surface area contributed by atoms with Gasteiger partial charge in [-0.25, -0.2) is 4.79 Å². The van der Waals surface area contributed by atoms with Crippen LogP contribution in [0.5, 0.6) is 5.75 Å². The molecule has 0 N–H and O–H groups in total. The fourth-order valence-electron chi connectivity index (χ4n) is 3.74. The summed E-state index contributed by atoms with van der Waals surface area (Å²) in [5, 5.41) is 0.515. The molecule has 4 aromatic rings. The summed E-state index contributed by atoms with van der Waals surface area (Å²) in [6.07, 6.45) is 1.87. The minimum atomic E-state index is -0.345. The van der Waals surface area contributed by atoms with Crippen LogP contribution in [0.15, 0.2) is 58.3 Å². The van der Waals surface area contributed by atoms with Crippen molar-refractivity contribution in [2.75, 3.05) is 7.11 Å². The van der Waals surface area contributed by atoms with E-state index in [1.165, 1.54) is 11.6 Å². The number of benzene rings is 2. The second-order valence-electron chi connectivity index (χ2n) is 7.33. The second-order valence-corrected chi connectivity index (χ2v) is 7.33. The van der Waals surface area contributed by atoms with Gasteiger partial charge in [0.25, 0.3) is 5.56 Å².